The molecule has 8 heteroatoms. The second-order valence-corrected chi connectivity index (χ2v) is 7.73. The maximum Gasteiger partial charge on any atom is 0.251 e. The molecular weight excluding hydrogens is 342 g/mol. The fraction of sp³-hybridized carbons (Fsp3) is 0.235. The topological polar surface area (TPSA) is 96.4 Å². The number of nitrogens with one attached hydrogen (secondary N) is 1. The van der Waals surface area contributed by atoms with Crippen molar-refractivity contribution in [2.75, 3.05) is 10.1 Å². The normalized spacial score (nSPS) is 19.0. The van der Waals surface area contributed by atoms with Crippen LogP contribution in [-0.4, -0.2) is 31.0 Å². The summed E-state index contributed by atoms with van der Waals surface area (Å²) < 4.78 is 25.0. The minimum Gasteiger partial charge on any atom is -0.348 e. The first-order chi connectivity index (χ1) is 11.9. The highest BCUT2D eigenvalue weighted by atomic mass is 32.2. The van der Waals surface area contributed by atoms with Crippen molar-refractivity contribution in [3.05, 3.63) is 59.9 Å². The summed E-state index contributed by atoms with van der Waals surface area (Å²) in [6, 6.07) is 9.54. The van der Waals surface area contributed by atoms with E-state index in [2.05, 4.69) is 10.3 Å². The Morgan fingerprint density at radius 1 is 1.20 bits per heavy atom. The van der Waals surface area contributed by atoms with Crippen LogP contribution in [0.5, 0.6) is 0 Å². The van der Waals surface area contributed by atoms with Gasteiger partial charge in [0.2, 0.25) is 15.9 Å². The Morgan fingerprint density at radius 2 is 1.84 bits per heavy atom. The van der Waals surface area contributed by atoms with Crippen LogP contribution >= 0.6 is 0 Å². The summed E-state index contributed by atoms with van der Waals surface area (Å²) in [5.41, 5.74) is 1.55. The zero-order valence-corrected chi connectivity index (χ0v) is 14.4. The van der Waals surface area contributed by atoms with Crippen molar-refractivity contribution in [1.29, 1.82) is 0 Å². The molecule has 0 spiro atoms. The third-order valence-corrected chi connectivity index (χ3v) is 5.80. The summed E-state index contributed by atoms with van der Waals surface area (Å²) >= 11 is 0. The number of carbonyl (C=O) groups is 2. The van der Waals surface area contributed by atoms with Gasteiger partial charge in [-0.05, 0) is 42.0 Å². The predicted molar refractivity (Wildman–Crippen MR) is 92.3 cm³/mol. The number of benzene rings is 1. The van der Waals surface area contributed by atoms with Crippen molar-refractivity contribution >= 4 is 27.5 Å². The van der Waals surface area contributed by atoms with E-state index in [1.807, 2.05) is 0 Å². The second kappa shape index (κ2) is 6.64. The number of carbonyl (C=O) groups excluding carboxylic acids is 2. The molecule has 1 N–H and O–H groups in total. The number of pyridine rings is 1. The highest BCUT2D eigenvalue weighted by Crippen LogP contribution is 2.28. The van der Waals surface area contributed by atoms with Gasteiger partial charge in [0, 0.05) is 24.5 Å². The van der Waals surface area contributed by atoms with Crippen molar-refractivity contribution in [1.82, 2.24) is 10.3 Å². The number of aromatic nitrogens is 1. The van der Waals surface area contributed by atoms with Crippen molar-refractivity contribution < 1.29 is 18.0 Å². The van der Waals surface area contributed by atoms with Crippen LogP contribution in [0.2, 0.25) is 0 Å². The molecule has 130 valence electrons. The molecular formula is C17H17N3O4S. The molecule has 1 aromatic heterocycles. The van der Waals surface area contributed by atoms with Gasteiger partial charge in [-0.2, -0.15) is 0 Å². The summed E-state index contributed by atoms with van der Waals surface area (Å²) in [7, 11) is -3.64. The Balaban J connectivity index is 1.72. The average molecular weight is 359 g/mol. The van der Waals surface area contributed by atoms with Gasteiger partial charge in [-0.15, -0.1) is 0 Å². The number of amides is 2. The Bertz CT molecular complexity index is 895. The average Bonchev–Trinajstić information content (AvgIpc) is 2.81. The van der Waals surface area contributed by atoms with Crippen molar-refractivity contribution in [3.8, 4) is 0 Å². The highest BCUT2D eigenvalue weighted by molar-refractivity contribution is 7.94. The molecule has 1 saturated heterocycles. The van der Waals surface area contributed by atoms with Crippen molar-refractivity contribution in [3.63, 3.8) is 0 Å². The van der Waals surface area contributed by atoms with Crippen LogP contribution in [0.3, 0.4) is 0 Å². The summed E-state index contributed by atoms with van der Waals surface area (Å²) in [6.45, 7) is 1.94. The maximum absolute atomic E-state index is 12.2. The predicted octanol–water partition coefficient (Wildman–Crippen LogP) is 1.32. The fourth-order valence-electron chi connectivity index (χ4n) is 2.62. The van der Waals surface area contributed by atoms with Gasteiger partial charge in [0.05, 0.1) is 17.4 Å². The van der Waals surface area contributed by atoms with Gasteiger partial charge in [-0.1, -0.05) is 6.92 Å². The first kappa shape index (κ1) is 17.1. The Hall–Kier alpha value is -2.74. The lowest BCUT2D eigenvalue weighted by Crippen LogP contribution is -2.30. The quantitative estimate of drug-likeness (QED) is 0.888. The summed E-state index contributed by atoms with van der Waals surface area (Å²) in [6.07, 6.45) is 3.29. The zero-order chi connectivity index (χ0) is 18.0. The summed E-state index contributed by atoms with van der Waals surface area (Å²) in [4.78, 5) is 28.1. The first-order valence-corrected chi connectivity index (χ1v) is 9.33. The third-order valence-electron chi connectivity index (χ3n) is 3.93. The lowest BCUT2D eigenvalue weighted by Gasteiger charge is -2.15. The molecule has 2 aromatic rings. The largest absolute Gasteiger partial charge is 0.348 e. The van der Waals surface area contributed by atoms with E-state index in [9.17, 15) is 18.0 Å². The molecule has 1 aromatic carbocycles. The van der Waals surface area contributed by atoms with Gasteiger partial charge in [-0.25, -0.2) is 12.7 Å². The van der Waals surface area contributed by atoms with Crippen LogP contribution in [-0.2, 0) is 21.4 Å². The van der Waals surface area contributed by atoms with Crippen LogP contribution in [0.15, 0.2) is 48.8 Å². The molecule has 1 aliphatic heterocycles. The van der Waals surface area contributed by atoms with Gasteiger partial charge in [0.1, 0.15) is 0 Å². The van der Waals surface area contributed by atoms with Gasteiger partial charge >= 0.3 is 0 Å². The minimum absolute atomic E-state index is 0.194. The number of rotatable bonds is 4. The zero-order valence-electron chi connectivity index (χ0n) is 13.5. The van der Waals surface area contributed by atoms with E-state index in [4.69, 9.17) is 0 Å². The lowest BCUT2D eigenvalue weighted by atomic mass is 10.1. The van der Waals surface area contributed by atoms with E-state index < -0.39 is 21.8 Å². The minimum atomic E-state index is -3.64. The van der Waals surface area contributed by atoms with E-state index in [-0.39, 0.29) is 17.3 Å². The third kappa shape index (κ3) is 3.53. The molecule has 0 saturated carbocycles. The van der Waals surface area contributed by atoms with Gasteiger partial charge < -0.3 is 5.32 Å². The lowest BCUT2D eigenvalue weighted by molar-refractivity contribution is -0.119. The van der Waals surface area contributed by atoms with Crippen LogP contribution in [0.1, 0.15) is 22.8 Å². The molecule has 3 rings (SSSR count). The number of anilines is 1. The molecule has 1 aliphatic rings. The van der Waals surface area contributed by atoms with Crippen LogP contribution in [0, 0.1) is 5.92 Å². The van der Waals surface area contributed by atoms with Gasteiger partial charge in [-0.3, -0.25) is 14.6 Å². The van der Waals surface area contributed by atoms with Crippen LogP contribution < -0.4 is 9.62 Å². The molecule has 1 atom stereocenters. The highest BCUT2D eigenvalue weighted by Gasteiger charge is 2.41. The van der Waals surface area contributed by atoms with Crippen molar-refractivity contribution in [2.45, 2.75) is 13.5 Å². The molecule has 2 heterocycles. The standard InChI is InChI=1S/C17H17N3O4S/c1-12-11-25(23,24)20(17(12)22)15-4-2-14(3-5-15)16(21)19-10-13-6-8-18-9-7-13/h2-9,12H,10-11H2,1H3,(H,19,21)/t12-/m0/s1. The summed E-state index contributed by atoms with van der Waals surface area (Å²) in [5.74, 6) is -1.49. The Labute approximate surface area is 145 Å². The van der Waals surface area contributed by atoms with Gasteiger partial charge in [0.25, 0.3) is 5.91 Å². The van der Waals surface area contributed by atoms with Crippen LogP contribution in [0.25, 0.3) is 0 Å². The molecule has 0 unspecified atom stereocenters. The number of hydrogen-bond acceptors (Lipinski definition) is 5. The molecule has 1 fully saturated rings. The van der Waals surface area contributed by atoms with E-state index in [0.717, 1.165) is 9.87 Å². The van der Waals surface area contributed by atoms with Crippen molar-refractivity contribution in [2.24, 2.45) is 5.92 Å². The number of sulfonamides is 1. The number of nitrogens with zero attached hydrogens (tertiary/aromatic N) is 2. The summed E-state index contributed by atoms with van der Waals surface area (Å²) in [5, 5.41) is 2.77. The molecule has 2 amide bonds. The fourth-order valence-corrected chi connectivity index (χ4v) is 4.44. The molecule has 0 radical (unpaired) electrons. The second-order valence-electron chi connectivity index (χ2n) is 5.87. The van der Waals surface area contributed by atoms with E-state index in [1.165, 1.54) is 24.3 Å². The molecule has 25 heavy (non-hydrogen) atoms. The van der Waals surface area contributed by atoms with E-state index in [1.54, 1.807) is 31.5 Å². The molecule has 0 bridgehead atoms. The molecule has 0 aliphatic carbocycles. The maximum atomic E-state index is 12.2. The first-order valence-electron chi connectivity index (χ1n) is 7.72. The SMILES string of the molecule is C[C@H]1CS(=O)(=O)N(c2ccc(C(=O)NCc3ccncc3)cc2)C1=O. The van der Waals surface area contributed by atoms with E-state index >= 15 is 0 Å². The molecule has 7 nitrogen and oxygen atoms in total. The Kier molecular flexibility index (Phi) is 4.54. The van der Waals surface area contributed by atoms with Gasteiger partial charge in [0.15, 0.2) is 0 Å². The Morgan fingerprint density at radius 3 is 2.40 bits per heavy atom. The monoisotopic (exact) mass is 359 g/mol. The van der Waals surface area contributed by atoms with Crippen LogP contribution in [0.4, 0.5) is 5.69 Å². The van der Waals surface area contributed by atoms with E-state index in [0.29, 0.717) is 12.1 Å². The number of hydrogen-bond donors (Lipinski definition) is 1. The smallest absolute Gasteiger partial charge is 0.251 e.